The Bertz CT molecular complexity index is 279. The van der Waals surface area contributed by atoms with Crippen LogP contribution in [0.5, 0.6) is 0 Å². The minimum absolute atomic E-state index is 0.0689. The standard InChI is InChI=1S/C10H14F3P/c1-9(2,3)14-8-6-4-5-7(8)10(11,12)13/h5-6,14H,4H2,1-3H3. The highest BCUT2D eigenvalue weighted by molar-refractivity contribution is 7.45. The zero-order chi connectivity index (χ0) is 11.0. The molecule has 0 radical (unpaired) electrons. The average Bonchev–Trinajstić information content (AvgIpc) is 2.29. The molecule has 0 amide bonds. The smallest absolute Gasteiger partial charge is 0.166 e. The van der Waals surface area contributed by atoms with E-state index in [1.807, 2.05) is 20.8 Å². The lowest BCUT2D eigenvalue weighted by Crippen LogP contribution is -2.13. The fraction of sp³-hybridized carbons (Fsp3) is 0.600. The fourth-order valence-electron chi connectivity index (χ4n) is 1.31. The summed E-state index contributed by atoms with van der Waals surface area (Å²) in [6.45, 7) is 5.87. The van der Waals surface area contributed by atoms with Gasteiger partial charge in [0.05, 0.1) is 5.57 Å². The Morgan fingerprint density at radius 1 is 1.14 bits per heavy atom. The molecule has 0 spiro atoms. The van der Waals surface area contributed by atoms with Crippen molar-refractivity contribution in [2.24, 2.45) is 0 Å². The van der Waals surface area contributed by atoms with Gasteiger partial charge in [-0.1, -0.05) is 41.5 Å². The molecule has 4 heteroatoms. The fourth-order valence-corrected chi connectivity index (χ4v) is 2.71. The SMILES string of the molecule is CC(C)(C)PC1=CCC=C1C(F)(F)F. The Balaban J connectivity index is 2.79. The summed E-state index contributed by atoms with van der Waals surface area (Å²) in [7, 11) is 0.222. The van der Waals surface area contributed by atoms with Gasteiger partial charge in [-0.25, -0.2) is 0 Å². The largest absolute Gasteiger partial charge is 0.416 e. The van der Waals surface area contributed by atoms with Gasteiger partial charge in [0.1, 0.15) is 0 Å². The van der Waals surface area contributed by atoms with Crippen molar-refractivity contribution in [3.63, 3.8) is 0 Å². The highest BCUT2D eigenvalue weighted by Crippen LogP contribution is 2.48. The molecule has 0 aromatic carbocycles. The van der Waals surface area contributed by atoms with Crippen molar-refractivity contribution in [3.8, 4) is 0 Å². The van der Waals surface area contributed by atoms with Gasteiger partial charge in [-0.2, -0.15) is 13.2 Å². The van der Waals surface area contributed by atoms with E-state index < -0.39 is 11.7 Å². The van der Waals surface area contributed by atoms with E-state index in [9.17, 15) is 13.2 Å². The highest BCUT2D eigenvalue weighted by Gasteiger charge is 2.37. The van der Waals surface area contributed by atoms with Gasteiger partial charge < -0.3 is 0 Å². The van der Waals surface area contributed by atoms with Crippen molar-refractivity contribution >= 4 is 8.58 Å². The van der Waals surface area contributed by atoms with Crippen LogP contribution in [0.3, 0.4) is 0 Å². The van der Waals surface area contributed by atoms with Gasteiger partial charge in [0.15, 0.2) is 0 Å². The molecule has 0 N–H and O–H groups in total. The van der Waals surface area contributed by atoms with Gasteiger partial charge in [-0.3, -0.25) is 0 Å². The molecule has 0 fully saturated rings. The molecule has 0 nitrogen and oxygen atoms in total. The summed E-state index contributed by atoms with van der Waals surface area (Å²) in [5.74, 6) is 0. The Labute approximate surface area is 84.1 Å². The van der Waals surface area contributed by atoms with Crippen LogP contribution in [0.1, 0.15) is 27.2 Å². The summed E-state index contributed by atoms with van der Waals surface area (Å²) in [6, 6.07) is 0. The molecule has 0 saturated heterocycles. The maximum absolute atomic E-state index is 12.5. The Morgan fingerprint density at radius 3 is 2.14 bits per heavy atom. The van der Waals surface area contributed by atoms with E-state index in [0.717, 1.165) is 0 Å². The molecule has 0 aliphatic heterocycles. The van der Waals surface area contributed by atoms with Crippen LogP contribution in [0.4, 0.5) is 13.2 Å². The summed E-state index contributed by atoms with van der Waals surface area (Å²) in [4.78, 5) is 0. The van der Waals surface area contributed by atoms with E-state index in [2.05, 4.69) is 0 Å². The number of hydrogen-bond acceptors (Lipinski definition) is 0. The van der Waals surface area contributed by atoms with Gasteiger partial charge in [-0.05, 0) is 16.9 Å². The number of rotatable bonds is 1. The first kappa shape index (κ1) is 11.8. The first-order valence-electron chi connectivity index (χ1n) is 4.46. The normalized spacial score (nSPS) is 19.0. The lowest BCUT2D eigenvalue weighted by atomic mass is 10.2. The predicted molar refractivity (Wildman–Crippen MR) is 54.9 cm³/mol. The van der Waals surface area contributed by atoms with Crippen LogP contribution in [0.15, 0.2) is 23.0 Å². The van der Waals surface area contributed by atoms with E-state index in [1.54, 1.807) is 6.08 Å². The molecule has 1 atom stereocenters. The molecular weight excluding hydrogens is 208 g/mol. The zero-order valence-corrected chi connectivity index (χ0v) is 9.50. The maximum Gasteiger partial charge on any atom is 0.416 e. The quantitative estimate of drug-likeness (QED) is 0.582. The maximum atomic E-state index is 12.5. The number of hydrogen-bond donors (Lipinski definition) is 0. The van der Waals surface area contributed by atoms with Crippen LogP contribution >= 0.6 is 8.58 Å². The molecule has 0 saturated carbocycles. The van der Waals surface area contributed by atoms with Crippen LogP contribution in [0.2, 0.25) is 0 Å². The van der Waals surface area contributed by atoms with Crippen LogP contribution in [0.25, 0.3) is 0 Å². The van der Waals surface area contributed by atoms with Gasteiger partial charge >= 0.3 is 6.18 Å². The van der Waals surface area contributed by atoms with Crippen molar-refractivity contribution in [1.82, 2.24) is 0 Å². The van der Waals surface area contributed by atoms with E-state index in [0.29, 0.717) is 11.7 Å². The van der Waals surface area contributed by atoms with Crippen molar-refractivity contribution in [3.05, 3.63) is 23.0 Å². The minimum Gasteiger partial charge on any atom is -0.166 e. The monoisotopic (exact) mass is 222 g/mol. The molecule has 1 aliphatic rings. The summed E-state index contributed by atoms with van der Waals surface area (Å²) in [5.41, 5.74) is -0.425. The van der Waals surface area contributed by atoms with Crippen LogP contribution in [0, 0.1) is 0 Å². The lowest BCUT2D eigenvalue weighted by Gasteiger charge is -2.21. The number of allylic oxidation sites excluding steroid dienone is 4. The van der Waals surface area contributed by atoms with Crippen LogP contribution in [-0.2, 0) is 0 Å². The van der Waals surface area contributed by atoms with E-state index in [4.69, 9.17) is 0 Å². The Morgan fingerprint density at radius 2 is 1.71 bits per heavy atom. The van der Waals surface area contributed by atoms with E-state index in [1.165, 1.54) is 6.08 Å². The Kier molecular flexibility index (Phi) is 3.10. The lowest BCUT2D eigenvalue weighted by molar-refractivity contribution is -0.0884. The molecule has 0 aromatic heterocycles. The zero-order valence-electron chi connectivity index (χ0n) is 8.50. The second kappa shape index (κ2) is 3.69. The van der Waals surface area contributed by atoms with E-state index in [-0.39, 0.29) is 13.7 Å². The van der Waals surface area contributed by atoms with Gasteiger partial charge in [0, 0.05) is 0 Å². The molecule has 1 rings (SSSR count). The number of alkyl halides is 3. The highest BCUT2D eigenvalue weighted by atomic mass is 31.1. The van der Waals surface area contributed by atoms with Gasteiger partial charge in [0.2, 0.25) is 0 Å². The summed E-state index contributed by atoms with van der Waals surface area (Å²) in [5, 5.41) is 0.408. The second-order valence-electron chi connectivity index (χ2n) is 4.34. The molecular formula is C10H14F3P. The second-order valence-corrected chi connectivity index (χ2v) is 6.63. The molecule has 0 aromatic rings. The number of halogens is 3. The first-order valence-corrected chi connectivity index (χ1v) is 5.46. The van der Waals surface area contributed by atoms with Crippen molar-refractivity contribution in [1.29, 1.82) is 0 Å². The first-order chi connectivity index (χ1) is 6.20. The predicted octanol–water partition coefficient (Wildman–Crippen LogP) is 4.24. The van der Waals surface area contributed by atoms with Gasteiger partial charge in [0.25, 0.3) is 0 Å². The molecule has 1 aliphatic carbocycles. The van der Waals surface area contributed by atoms with Crippen molar-refractivity contribution in [2.45, 2.75) is 38.5 Å². The molecule has 0 heterocycles. The third-order valence-corrected chi connectivity index (χ3v) is 3.24. The summed E-state index contributed by atoms with van der Waals surface area (Å²) >= 11 is 0. The van der Waals surface area contributed by atoms with Crippen molar-refractivity contribution < 1.29 is 13.2 Å². The molecule has 0 bridgehead atoms. The molecule has 14 heavy (non-hydrogen) atoms. The molecule has 1 unspecified atom stereocenters. The summed E-state index contributed by atoms with van der Waals surface area (Å²) < 4.78 is 37.4. The van der Waals surface area contributed by atoms with E-state index >= 15 is 0 Å². The molecule has 80 valence electrons. The van der Waals surface area contributed by atoms with Crippen molar-refractivity contribution in [2.75, 3.05) is 0 Å². The topological polar surface area (TPSA) is 0 Å². The summed E-state index contributed by atoms with van der Waals surface area (Å²) in [6.07, 6.45) is -0.797. The third kappa shape index (κ3) is 3.13. The third-order valence-electron chi connectivity index (χ3n) is 1.75. The van der Waals surface area contributed by atoms with Crippen LogP contribution in [-0.4, -0.2) is 11.3 Å². The Hall–Kier alpha value is -0.300. The van der Waals surface area contributed by atoms with Gasteiger partial charge in [-0.15, -0.1) is 0 Å². The average molecular weight is 222 g/mol. The van der Waals surface area contributed by atoms with Crippen LogP contribution < -0.4 is 0 Å². The minimum atomic E-state index is -4.18.